The van der Waals surface area contributed by atoms with Gasteiger partial charge in [0.25, 0.3) is 11.8 Å². The third-order valence-electron chi connectivity index (χ3n) is 4.14. The van der Waals surface area contributed by atoms with Gasteiger partial charge in [0.1, 0.15) is 11.4 Å². The Morgan fingerprint density at radius 1 is 1.06 bits per heavy atom. The summed E-state index contributed by atoms with van der Waals surface area (Å²) in [5.74, 6) is -0.341. The Morgan fingerprint density at radius 2 is 1.69 bits per heavy atom. The summed E-state index contributed by atoms with van der Waals surface area (Å²) in [7, 11) is 0. The van der Waals surface area contributed by atoms with E-state index in [1.807, 2.05) is 13.8 Å². The highest BCUT2D eigenvalue weighted by Crippen LogP contribution is 2.29. The van der Waals surface area contributed by atoms with Crippen molar-refractivity contribution in [1.29, 1.82) is 0 Å². The minimum absolute atomic E-state index is 0.0546. The van der Waals surface area contributed by atoms with Crippen molar-refractivity contribution in [2.75, 3.05) is 19.8 Å². The lowest BCUT2D eigenvalue weighted by molar-refractivity contribution is -0.137. The average Bonchev–Trinajstić information content (AvgIpc) is 2.75. The fraction of sp³-hybridized carbons (Fsp3) is 0.304. The Bertz CT molecular complexity index is 937. The molecule has 3 N–H and O–H groups in total. The van der Waals surface area contributed by atoms with E-state index in [1.165, 1.54) is 30.3 Å². The summed E-state index contributed by atoms with van der Waals surface area (Å²) in [5, 5.41) is 13.8. The van der Waals surface area contributed by atoms with Crippen LogP contribution < -0.4 is 15.4 Å². The van der Waals surface area contributed by atoms with Crippen LogP contribution in [-0.2, 0) is 11.0 Å². The van der Waals surface area contributed by atoms with E-state index in [-0.39, 0.29) is 30.0 Å². The standard InChI is InChI=1S/C23H25F3N2O4/c1-15(2)14-32-19-9-5-17(6-10-19)21(30)28-20(22(31)27-11-12-29)13-16-3-7-18(8-4-16)23(24,25)26/h3-10,13,15,29H,11-12,14H2,1-2H3,(H,27,31)(H,28,30)/b20-13+. The Labute approximate surface area is 184 Å². The summed E-state index contributed by atoms with van der Waals surface area (Å²) in [6.45, 7) is 4.17. The molecule has 0 saturated carbocycles. The van der Waals surface area contributed by atoms with Gasteiger partial charge in [0, 0.05) is 12.1 Å². The van der Waals surface area contributed by atoms with Gasteiger partial charge in [0.15, 0.2) is 0 Å². The van der Waals surface area contributed by atoms with Crippen molar-refractivity contribution in [1.82, 2.24) is 10.6 Å². The zero-order valence-electron chi connectivity index (χ0n) is 17.7. The molecule has 0 unspecified atom stereocenters. The van der Waals surface area contributed by atoms with Gasteiger partial charge in [-0.25, -0.2) is 0 Å². The van der Waals surface area contributed by atoms with Crippen LogP contribution in [0.2, 0.25) is 0 Å². The summed E-state index contributed by atoms with van der Waals surface area (Å²) >= 11 is 0. The van der Waals surface area contributed by atoms with Crippen molar-refractivity contribution < 1.29 is 32.6 Å². The number of halogens is 3. The zero-order valence-corrected chi connectivity index (χ0v) is 17.7. The lowest BCUT2D eigenvalue weighted by atomic mass is 10.1. The molecule has 0 aliphatic rings. The van der Waals surface area contributed by atoms with E-state index in [9.17, 15) is 22.8 Å². The molecule has 0 fully saturated rings. The molecule has 0 atom stereocenters. The Balaban J connectivity index is 2.20. The van der Waals surface area contributed by atoms with E-state index in [1.54, 1.807) is 12.1 Å². The van der Waals surface area contributed by atoms with Gasteiger partial charge in [-0.15, -0.1) is 0 Å². The second kappa shape index (κ2) is 11.3. The molecule has 0 aliphatic carbocycles. The van der Waals surface area contributed by atoms with E-state index in [2.05, 4.69) is 10.6 Å². The third kappa shape index (κ3) is 7.73. The molecule has 32 heavy (non-hydrogen) atoms. The van der Waals surface area contributed by atoms with Crippen molar-refractivity contribution >= 4 is 17.9 Å². The van der Waals surface area contributed by atoms with Gasteiger partial charge in [-0.1, -0.05) is 26.0 Å². The molecule has 2 rings (SSSR count). The normalized spacial score (nSPS) is 11.9. The van der Waals surface area contributed by atoms with E-state index in [0.29, 0.717) is 18.3 Å². The number of hydrogen-bond donors (Lipinski definition) is 3. The van der Waals surface area contributed by atoms with Gasteiger partial charge >= 0.3 is 6.18 Å². The monoisotopic (exact) mass is 450 g/mol. The number of carbonyl (C=O) groups excluding carboxylic acids is 2. The number of ether oxygens (including phenoxy) is 1. The van der Waals surface area contributed by atoms with Gasteiger partial charge in [-0.3, -0.25) is 9.59 Å². The lowest BCUT2D eigenvalue weighted by Crippen LogP contribution is -2.36. The Hall–Kier alpha value is -3.33. The first-order valence-corrected chi connectivity index (χ1v) is 9.92. The molecule has 0 heterocycles. The molecule has 0 bridgehead atoms. The number of aliphatic hydroxyl groups is 1. The van der Waals surface area contributed by atoms with Crippen LogP contribution >= 0.6 is 0 Å². The predicted molar refractivity (Wildman–Crippen MR) is 114 cm³/mol. The van der Waals surface area contributed by atoms with Crippen LogP contribution in [0.25, 0.3) is 6.08 Å². The summed E-state index contributed by atoms with van der Waals surface area (Å²) in [6.07, 6.45) is -3.23. The Morgan fingerprint density at radius 3 is 2.22 bits per heavy atom. The SMILES string of the molecule is CC(C)COc1ccc(C(=O)N/C(=C/c2ccc(C(F)(F)F)cc2)C(=O)NCCO)cc1. The second-order valence-electron chi connectivity index (χ2n) is 7.34. The van der Waals surface area contributed by atoms with Crippen LogP contribution in [0.3, 0.4) is 0 Å². The van der Waals surface area contributed by atoms with Crippen molar-refractivity contribution in [3.63, 3.8) is 0 Å². The zero-order chi connectivity index (χ0) is 23.7. The fourth-order valence-corrected chi connectivity index (χ4v) is 2.52. The van der Waals surface area contributed by atoms with E-state index < -0.39 is 23.6 Å². The second-order valence-corrected chi connectivity index (χ2v) is 7.34. The van der Waals surface area contributed by atoms with Crippen LogP contribution in [0.4, 0.5) is 13.2 Å². The summed E-state index contributed by atoms with van der Waals surface area (Å²) in [4.78, 5) is 25.0. The van der Waals surface area contributed by atoms with Crippen molar-refractivity contribution in [2.45, 2.75) is 20.0 Å². The van der Waals surface area contributed by atoms with Crippen molar-refractivity contribution in [2.24, 2.45) is 5.92 Å². The molecule has 0 radical (unpaired) electrons. The highest BCUT2D eigenvalue weighted by molar-refractivity contribution is 6.05. The first kappa shape index (κ1) is 24.9. The highest BCUT2D eigenvalue weighted by Gasteiger charge is 2.29. The van der Waals surface area contributed by atoms with Crippen molar-refractivity contribution in [3.8, 4) is 5.75 Å². The minimum atomic E-state index is -4.48. The molecule has 172 valence electrons. The number of alkyl halides is 3. The number of amides is 2. The fourth-order valence-electron chi connectivity index (χ4n) is 2.52. The maximum atomic E-state index is 12.8. The van der Waals surface area contributed by atoms with Gasteiger partial charge in [-0.05, 0) is 54.0 Å². The van der Waals surface area contributed by atoms with Gasteiger partial charge in [0.05, 0.1) is 18.8 Å². The summed E-state index contributed by atoms with van der Waals surface area (Å²) in [5.41, 5.74) is -0.465. The third-order valence-corrected chi connectivity index (χ3v) is 4.14. The molecular weight excluding hydrogens is 425 g/mol. The van der Waals surface area contributed by atoms with Gasteiger partial charge < -0.3 is 20.5 Å². The number of carbonyl (C=O) groups is 2. The molecule has 0 saturated heterocycles. The van der Waals surface area contributed by atoms with E-state index in [0.717, 1.165) is 12.1 Å². The number of hydrogen-bond acceptors (Lipinski definition) is 4. The lowest BCUT2D eigenvalue weighted by Gasteiger charge is -2.12. The molecule has 0 aliphatic heterocycles. The first-order chi connectivity index (χ1) is 15.1. The van der Waals surface area contributed by atoms with E-state index >= 15 is 0 Å². The van der Waals surface area contributed by atoms with Crippen molar-refractivity contribution in [3.05, 3.63) is 70.9 Å². The molecule has 2 amide bonds. The van der Waals surface area contributed by atoms with Gasteiger partial charge in [-0.2, -0.15) is 13.2 Å². The Kier molecular flexibility index (Phi) is 8.83. The number of nitrogens with one attached hydrogen (secondary N) is 2. The smallest absolute Gasteiger partial charge is 0.416 e. The predicted octanol–water partition coefficient (Wildman–Crippen LogP) is 3.62. The van der Waals surface area contributed by atoms with Crippen LogP contribution in [0.15, 0.2) is 54.2 Å². The number of rotatable bonds is 9. The molecule has 0 aromatic heterocycles. The number of aliphatic hydroxyl groups excluding tert-OH is 1. The van der Waals surface area contributed by atoms with Crippen LogP contribution in [0.5, 0.6) is 5.75 Å². The number of benzene rings is 2. The quantitative estimate of drug-likeness (QED) is 0.510. The molecular formula is C23H25F3N2O4. The molecule has 2 aromatic carbocycles. The molecule has 0 spiro atoms. The summed E-state index contributed by atoms with van der Waals surface area (Å²) in [6, 6.07) is 10.5. The maximum absolute atomic E-state index is 12.8. The molecule has 9 heteroatoms. The van der Waals surface area contributed by atoms with Crippen LogP contribution in [0, 0.1) is 5.92 Å². The topological polar surface area (TPSA) is 87.7 Å². The molecule has 2 aromatic rings. The highest BCUT2D eigenvalue weighted by atomic mass is 19.4. The van der Waals surface area contributed by atoms with Gasteiger partial charge in [0.2, 0.25) is 0 Å². The summed E-state index contributed by atoms with van der Waals surface area (Å²) < 4.78 is 43.8. The van der Waals surface area contributed by atoms with Crippen LogP contribution in [-0.4, -0.2) is 36.7 Å². The first-order valence-electron chi connectivity index (χ1n) is 9.92. The van der Waals surface area contributed by atoms with Crippen LogP contribution in [0.1, 0.15) is 35.3 Å². The largest absolute Gasteiger partial charge is 0.493 e. The minimum Gasteiger partial charge on any atom is -0.493 e. The molecule has 6 nitrogen and oxygen atoms in total. The maximum Gasteiger partial charge on any atom is 0.416 e. The van der Waals surface area contributed by atoms with E-state index in [4.69, 9.17) is 9.84 Å². The average molecular weight is 450 g/mol.